The summed E-state index contributed by atoms with van der Waals surface area (Å²) in [6.45, 7) is 10.0. The summed E-state index contributed by atoms with van der Waals surface area (Å²) in [4.78, 5) is 39.4. The molecule has 0 fully saturated rings. The zero-order chi connectivity index (χ0) is 34.6. The monoisotopic (exact) mass is 657 g/mol. The maximum absolute atomic E-state index is 14.1. The summed E-state index contributed by atoms with van der Waals surface area (Å²) in [6.07, 6.45) is -1.51. The second kappa shape index (κ2) is 14.0. The summed E-state index contributed by atoms with van der Waals surface area (Å²) in [5.74, 6) is -0.828. The van der Waals surface area contributed by atoms with Crippen LogP contribution in [0.25, 0.3) is 22.2 Å². The SMILES string of the molecule is CCOC(=O)C(Cc1ccc(-c2ccc(C(F)(F)F)cn2)cc1)c1[nH]c2ccc(OCc3ccccn3)c(C)c2c1C(=O)CC(C)(C)C. The van der Waals surface area contributed by atoms with E-state index in [1.54, 1.807) is 37.4 Å². The molecule has 10 heteroatoms. The highest BCUT2D eigenvalue weighted by atomic mass is 19.4. The van der Waals surface area contributed by atoms with Gasteiger partial charge in [0.1, 0.15) is 18.3 Å². The summed E-state index contributed by atoms with van der Waals surface area (Å²) >= 11 is 0. The number of pyridine rings is 2. The van der Waals surface area contributed by atoms with Crippen molar-refractivity contribution in [3.05, 3.63) is 113 Å². The number of halogens is 3. The van der Waals surface area contributed by atoms with Crippen LogP contribution in [0.4, 0.5) is 13.2 Å². The minimum atomic E-state index is -4.47. The molecule has 250 valence electrons. The number of ether oxygens (including phenoxy) is 2. The zero-order valence-corrected chi connectivity index (χ0v) is 27.6. The molecule has 0 spiro atoms. The van der Waals surface area contributed by atoms with E-state index < -0.39 is 23.6 Å². The Morgan fingerprint density at radius 3 is 2.29 bits per heavy atom. The number of fused-ring (bicyclic) bond motifs is 1. The fourth-order valence-electron chi connectivity index (χ4n) is 5.70. The minimum Gasteiger partial charge on any atom is -0.487 e. The number of rotatable bonds is 11. The van der Waals surface area contributed by atoms with Crippen LogP contribution in [0.3, 0.4) is 0 Å². The number of hydrogen-bond acceptors (Lipinski definition) is 6. The van der Waals surface area contributed by atoms with E-state index in [0.29, 0.717) is 39.2 Å². The highest BCUT2D eigenvalue weighted by Gasteiger charge is 2.33. The molecule has 0 radical (unpaired) electrons. The van der Waals surface area contributed by atoms with Gasteiger partial charge in [0, 0.05) is 52.1 Å². The van der Waals surface area contributed by atoms with Crippen molar-refractivity contribution in [3.8, 4) is 17.0 Å². The lowest BCUT2D eigenvalue weighted by molar-refractivity contribution is -0.145. The molecule has 3 aromatic heterocycles. The average Bonchev–Trinajstić information content (AvgIpc) is 3.43. The van der Waals surface area contributed by atoms with Crippen molar-refractivity contribution in [3.63, 3.8) is 0 Å². The highest BCUT2D eigenvalue weighted by molar-refractivity contribution is 6.12. The lowest BCUT2D eigenvalue weighted by atomic mass is 9.84. The molecule has 0 aliphatic heterocycles. The second-order valence-corrected chi connectivity index (χ2v) is 12.9. The molecule has 1 unspecified atom stereocenters. The molecule has 0 saturated carbocycles. The summed E-state index contributed by atoms with van der Waals surface area (Å²) in [5, 5.41) is 0.691. The third-order valence-electron chi connectivity index (χ3n) is 7.98. The first-order chi connectivity index (χ1) is 22.7. The molecule has 5 aromatic rings. The Morgan fingerprint density at radius 2 is 1.69 bits per heavy atom. The Bertz CT molecular complexity index is 1890. The van der Waals surface area contributed by atoms with Crippen molar-refractivity contribution in [2.45, 2.75) is 66.2 Å². The third kappa shape index (κ3) is 7.93. The van der Waals surface area contributed by atoms with Gasteiger partial charge in [0.25, 0.3) is 0 Å². The number of nitrogens with one attached hydrogen (secondary N) is 1. The molecule has 0 aliphatic carbocycles. The predicted molar refractivity (Wildman–Crippen MR) is 178 cm³/mol. The number of esters is 1. The van der Waals surface area contributed by atoms with Crippen LogP contribution >= 0.6 is 0 Å². The predicted octanol–water partition coefficient (Wildman–Crippen LogP) is 9.04. The first-order valence-electron chi connectivity index (χ1n) is 15.8. The number of ketones is 1. The van der Waals surface area contributed by atoms with Gasteiger partial charge in [0.2, 0.25) is 0 Å². The number of carbonyl (C=O) groups is 2. The van der Waals surface area contributed by atoms with Gasteiger partial charge in [0.15, 0.2) is 5.78 Å². The van der Waals surface area contributed by atoms with E-state index >= 15 is 0 Å². The summed E-state index contributed by atoms with van der Waals surface area (Å²) in [7, 11) is 0. The molecule has 0 bridgehead atoms. The van der Waals surface area contributed by atoms with Gasteiger partial charge in [-0.2, -0.15) is 13.2 Å². The fourth-order valence-corrected chi connectivity index (χ4v) is 5.70. The Kier molecular flexibility index (Phi) is 10.0. The van der Waals surface area contributed by atoms with Crippen LogP contribution < -0.4 is 4.74 Å². The van der Waals surface area contributed by atoms with Crippen LogP contribution in [-0.4, -0.2) is 33.3 Å². The number of carbonyl (C=O) groups excluding carboxylic acids is 2. The smallest absolute Gasteiger partial charge is 0.417 e. The second-order valence-electron chi connectivity index (χ2n) is 12.9. The fraction of sp³-hybridized carbons (Fsp3) is 0.316. The summed E-state index contributed by atoms with van der Waals surface area (Å²) in [6, 6.07) is 18.7. The normalized spacial score (nSPS) is 12.6. The van der Waals surface area contributed by atoms with Gasteiger partial charge < -0.3 is 14.5 Å². The highest BCUT2D eigenvalue weighted by Crippen LogP contribution is 2.39. The number of hydrogen-bond donors (Lipinski definition) is 1. The van der Waals surface area contributed by atoms with Crippen LogP contribution in [0.15, 0.2) is 79.1 Å². The third-order valence-corrected chi connectivity index (χ3v) is 7.98. The van der Waals surface area contributed by atoms with E-state index in [1.165, 1.54) is 6.07 Å². The van der Waals surface area contributed by atoms with Crippen LogP contribution in [0.5, 0.6) is 5.75 Å². The van der Waals surface area contributed by atoms with Crippen LogP contribution in [0, 0.1) is 12.3 Å². The molecule has 2 aromatic carbocycles. The number of Topliss-reactive ketones (excluding diaryl/α,β-unsaturated/α-hetero) is 1. The van der Waals surface area contributed by atoms with E-state index in [0.717, 1.165) is 29.1 Å². The first kappa shape index (κ1) is 34.3. The van der Waals surface area contributed by atoms with Gasteiger partial charge in [-0.25, -0.2) is 0 Å². The molecule has 3 heterocycles. The molecule has 48 heavy (non-hydrogen) atoms. The number of nitrogens with zero attached hydrogens (tertiary/aromatic N) is 2. The van der Waals surface area contributed by atoms with Gasteiger partial charge in [0.05, 0.1) is 23.6 Å². The molecular formula is C38H38F3N3O4. The van der Waals surface area contributed by atoms with Crippen LogP contribution in [0.2, 0.25) is 0 Å². The summed E-state index contributed by atoms with van der Waals surface area (Å²) < 4.78 is 50.7. The van der Waals surface area contributed by atoms with Gasteiger partial charge in [-0.15, -0.1) is 0 Å². The molecule has 0 aliphatic rings. The van der Waals surface area contributed by atoms with Gasteiger partial charge >= 0.3 is 12.1 Å². The lowest BCUT2D eigenvalue weighted by Crippen LogP contribution is -2.22. The zero-order valence-electron chi connectivity index (χ0n) is 27.6. The van der Waals surface area contributed by atoms with Gasteiger partial charge in [-0.3, -0.25) is 19.6 Å². The van der Waals surface area contributed by atoms with E-state index in [1.807, 2.05) is 58.0 Å². The van der Waals surface area contributed by atoms with Crippen molar-refractivity contribution >= 4 is 22.7 Å². The quantitative estimate of drug-likeness (QED) is 0.113. The molecule has 0 amide bonds. The topological polar surface area (TPSA) is 94.2 Å². The van der Waals surface area contributed by atoms with E-state index in [9.17, 15) is 22.8 Å². The van der Waals surface area contributed by atoms with Crippen molar-refractivity contribution in [1.82, 2.24) is 15.0 Å². The minimum absolute atomic E-state index is 0.105. The number of aromatic nitrogens is 3. The maximum Gasteiger partial charge on any atom is 0.417 e. The Labute approximate surface area is 277 Å². The van der Waals surface area contributed by atoms with Crippen molar-refractivity contribution < 1.29 is 32.2 Å². The van der Waals surface area contributed by atoms with E-state index in [-0.39, 0.29) is 37.3 Å². The largest absolute Gasteiger partial charge is 0.487 e. The number of aromatic amines is 1. The van der Waals surface area contributed by atoms with Crippen LogP contribution in [-0.2, 0) is 28.7 Å². The number of H-pyrrole nitrogens is 1. The molecule has 7 nitrogen and oxygen atoms in total. The molecule has 1 N–H and O–H groups in total. The maximum atomic E-state index is 14.1. The Morgan fingerprint density at radius 1 is 0.938 bits per heavy atom. The Hall–Kier alpha value is -4.99. The molecular weight excluding hydrogens is 619 g/mol. The van der Waals surface area contributed by atoms with Crippen molar-refractivity contribution in [1.29, 1.82) is 0 Å². The lowest BCUT2D eigenvalue weighted by Gasteiger charge is -2.20. The Balaban J connectivity index is 1.53. The average molecular weight is 658 g/mol. The summed E-state index contributed by atoms with van der Waals surface area (Å²) in [5.41, 5.74) is 3.77. The van der Waals surface area contributed by atoms with E-state index in [4.69, 9.17) is 9.47 Å². The van der Waals surface area contributed by atoms with Crippen molar-refractivity contribution in [2.24, 2.45) is 5.41 Å². The number of benzene rings is 2. The first-order valence-corrected chi connectivity index (χ1v) is 15.8. The molecule has 5 rings (SSSR count). The number of aryl methyl sites for hydroxylation is 1. The molecule has 0 saturated heterocycles. The van der Waals surface area contributed by atoms with E-state index in [2.05, 4.69) is 15.0 Å². The standard InChI is InChI=1S/C38H38F3N3O4/c1-6-47-36(46)28(19-24-10-12-25(13-11-24)29-15-14-26(21-43-29)38(39,40)41)35-34(31(45)20-37(3,4)5)33-23(2)32(17-16-30(33)44-35)48-22-27-9-7-8-18-42-27/h7-18,21,28,44H,6,19-20,22H2,1-5H3. The van der Waals surface area contributed by atoms with Crippen LogP contribution in [0.1, 0.15) is 78.5 Å². The number of alkyl halides is 3. The van der Waals surface area contributed by atoms with Gasteiger partial charge in [-0.05, 0) is 67.6 Å². The molecule has 1 atom stereocenters. The van der Waals surface area contributed by atoms with Gasteiger partial charge in [-0.1, -0.05) is 51.1 Å². The van der Waals surface area contributed by atoms with Crippen molar-refractivity contribution in [2.75, 3.05) is 6.61 Å².